The predicted molar refractivity (Wildman–Crippen MR) is 61.7 cm³/mol. The molecular formula is C10H14N2O2S. The van der Waals surface area contributed by atoms with Crippen LogP contribution < -0.4 is 10.0 Å². The third-order valence-electron chi connectivity index (χ3n) is 2.51. The van der Waals surface area contributed by atoms with Gasteiger partial charge >= 0.3 is 0 Å². The Hall–Kier alpha value is -1.23. The van der Waals surface area contributed by atoms with Crippen molar-refractivity contribution in [3.63, 3.8) is 0 Å². The first kappa shape index (κ1) is 10.3. The van der Waals surface area contributed by atoms with Crippen LogP contribution >= 0.6 is 0 Å². The van der Waals surface area contributed by atoms with Crippen molar-refractivity contribution in [2.24, 2.45) is 0 Å². The summed E-state index contributed by atoms with van der Waals surface area (Å²) in [5, 5.41) is 3.21. The first-order valence-electron chi connectivity index (χ1n) is 4.98. The van der Waals surface area contributed by atoms with Crippen molar-refractivity contribution in [3.05, 3.63) is 23.8 Å². The molecule has 0 amide bonds. The standard InChI is InChI=1S/C10H14N2O2S/c1-2-15(13,14)12-10-5-3-4-9-8(10)6-7-11-9/h3-5,11-12H,2,6-7H2,1H3. The fourth-order valence-electron chi connectivity index (χ4n) is 1.68. The van der Waals surface area contributed by atoms with Crippen LogP contribution in [0, 0.1) is 0 Å². The number of hydrogen-bond acceptors (Lipinski definition) is 3. The Labute approximate surface area is 89.7 Å². The van der Waals surface area contributed by atoms with E-state index >= 15 is 0 Å². The molecule has 1 aromatic rings. The van der Waals surface area contributed by atoms with E-state index in [9.17, 15) is 8.42 Å². The van der Waals surface area contributed by atoms with Crippen molar-refractivity contribution >= 4 is 21.4 Å². The van der Waals surface area contributed by atoms with Crippen LogP contribution in [0.1, 0.15) is 12.5 Å². The Kier molecular flexibility index (Phi) is 2.56. The summed E-state index contributed by atoms with van der Waals surface area (Å²) < 4.78 is 25.5. The number of hydrogen-bond donors (Lipinski definition) is 2. The lowest BCUT2D eigenvalue weighted by molar-refractivity contribution is 0.602. The third kappa shape index (κ3) is 2.07. The average Bonchev–Trinajstić information content (AvgIpc) is 2.66. The fraction of sp³-hybridized carbons (Fsp3) is 0.400. The van der Waals surface area contributed by atoms with Gasteiger partial charge in [0.05, 0.1) is 11.4 Å². The maximum absolute atomic E-state index is 11.4. The summed E-state index contributed by atoms with van der Waals surface area (Å²) in [7, 11) is -3.17. The molecule has 0 saturated heterocycles. The van der Waals surface area contributed by atoms with Gasteiger partial charge in [-0.05, 0) is 25.5 Å². The monoisotopic (exact) mass is 226 g/mol. The van der Waals surface area contributed by atoms with Gasteiger partial charge in [-0.3, -0.25) is 4.72 Å². The molecular weight excluding hydrogens is 212 g/mol. The molecule has 0 aromatic heterocycles. The topological polar surface area (TPSA) is 58.2 Å². The Morgan fingerprint density at radius 3 is 3.00 bits per heavy atom. The van der Waals surface area contributed by atoms with E-state index in [4.69, 9.17) is 0 Å². The third-order valence-corrected chi connectivity index (χ3v) is 3.80. The van der Waals surface area contributed by atoms with Crippen LogP contribution in [0.15, 0.2) is 18.2 Å². The van der Waals surface area contributed by atoms with E-state index in [1.165, 1.54) is 0 Å². The van der Waals surface area contributed by atoms with E-state index in [2.05, 4.69) is 10.0 Å². The van der Waals surface area contributed by atoms with Gasteiger partial charge in [0.25, 0.3) is 0 Å². The zero-order chi connectivity index (χ0) is 10.9. The summed E-state index contributed by atoms with van der Waals surface area (Å²) in [4.78, 5) is 0. The van der Waals surface area contributed by atoms with E-state index in [0.717, 1.165) is 24.2 Å². The van der Waals surface area contributed by atoms with Gasteiger partial charge < -0.3 is 5.32 Å². The largest absolute Gasteiger partial charge is 0.384 e. The minimum atomic E-state index is -3.17. The Bertz CT molecular complexity index is 468. The van der Waals surface area contributed by atoms with Crippen LogP contribution in [0.4, 0.5) is 11.4 Å². The zero-order valence-electron chi connectivity index (χ0n) is 8.58. The van der Waals surface area contributed by atoms with Gasteiger partial charge in [0, 0.05) is 17.8 Å². The first-order valence-corrected chi connectivity index (χ1v) is 6.64. The average molecular weight is 226 g/mol. The second kappa shape index (κ2) is 3.73. The van der Waals surface area contributed by atoms with Crippen molar-refractivity contribution in [1.82, 2.24) is 0 Å². The Morgan fingerprint density at radius 1 is 1.47 bits per heavy atom. The molecule has 1 heterocycles. The lowest BCUT2D eigenvalue weighted by atomic mass is 10.1. The number of anilines is 2. The van der Waals surface area contributed by atoms with E-state index in [0.29, 0.717) is 5.69 Å². The second-order valence-electron chi connectivity index (χ2n) is 3.51. The molecule has 1 aliphatic heterocycles. The van der Waals surface area contributed by atoms with Crippen molar-refractivity contribution in [2.75, 3.05) is 22.3 Å². The zero-order valence-corrected chi connectivity index (χ0v) is 9.39. The van der Waals surface area contributed by atoms with Crippen LogP contribution in [0.25, 0.3) is 0 Å². The van der Waals surface area contributed by atoms with Gasteiger partial charge in [-0.2, -0.15) is 0 Å². The number of fused-ring (bicyclic) bond motifs is 1. The highest BCUT2D eigenvalue weighted by molar-refractivity contribution is 7.92. The molecule has 4 nitrogen and oxygen atoms in total. The molecule has 2 N–H and O–H groups in total. The quantitative estimate of drug-likeness (QED) is 0.819. The summed E-state index contributed by atoms with van der Waals surface area (Å²) in [6.07, 6.45) is 0.873. The number of sulfonamides is 1. The van der Waals surface area contributed by atoms with Crippen LogP contribution in [0.2, 0.25) is 0 Å². The van der Waals surface area contributed by atoms with Gasteiger partial charge in [-0.1, -0.05) is 6.07 Å². The number of rotatable bonds is 3. The molecule has 0 atom stereocenters. The molecule has 0 radical (unpaired) electrons. The highest BCUT2D eigenvalue weighted by Crippen LogP contribution is 2.29. The molecule has 5 heteroatoms. The van der Waals surface area contributed by atoms with Gasteiger partial charge in [0.2, 0.25) is 10.0 Å². The SMILES string of the molecule is CCS(=O)(=O)Nc1cccc2c1CCN2. The van der Waals surface area contributed by atoms with Gasteiger partial charge in [0.15, 0.2) is 0 Å². The van der Waals surface area contributed by atoms with Crippen LogP contribution in [0.5, 0.6) is 0 Å². The minimum Gasteiger partial charge on any atom is -0.384 e. The van der Waals surface area contributed by atoms with Crippen molar-refractivity contribution in [3.8, 4) is 0 Å². The maximum atomic E-state index is 11.4. The number of nitrogens with one attached hydrogen (secondary N) is 2. The number of benzene rings is 1. The molecule has 0 spiro atoms. The van der Waals surface area contributed by atoms with E-state index in [-0.39, 0.29) is 5.75 Å². The molecule has 0 saturated carbocycles. The smallest absolute Gasteiger partial charge is 0.232 e. The van der Waals surface area contributed by atoms with E-state index < -0.39 is 10.0 Å². The fourth-order valence-corrected chi connectivity index (χ4v) is 2.35. The Balaban J connectivity index is 2.34. The lowest BCUT2D eigenvalue weighted by Crippen LogP contribution is -2.15. The summed E-state index contributed by atoms with van der Waals surface area (Å²) in [6.45, 7) is 2.50. The van der Waals surface area contributed by atoms with Crippen LogP contribution in [-0.4, -0.2) is 20.7 Å². The molecule has 0 bridgehead atoms. The molecule has 0 unspecified atom stereocenters. The molecule has 82 valence electrons. The van der Waals surface area contributed by atoms with Gasteiger partial charge in [-0.25, -0.2) is 8.42 Å². The maximum Gasteiger partial charge on any atom is 0.232 e. The molecule has 15 heavy (non-hydrogen) atoms. The van der Waals surface area contributed by atoms with E-state index in [1.54, 1.807) is 13.0 Å². The van der Waals surface area contributed by atoms with Crippen molar-refractivity contribution in [1.29, 1.82) is 0 Å². The summed E-state index contributed by atoms with van der Waals surface area (Å²) in [5.41, 5.74) is 2.81. The summed E-state index contributed by atoms with van der Waals surface area (Å²) in [5.74, 6) is 0.101. The Morgan fingerprint density at radius 2 is 2.27 bits per heavy atom. The normalized spacial score (nSPS) is 14.5. The highest BCUT2D eigenvalue weighted by Gasteiger charge is 2.16. The minimum absolute atomic E-state index is 0.101. The summed E-state index contributed by atoms with van der Waals surface area (Å²) in [6, 6.07) is 5.62. The van der Waals surface area contributed by atoms with Crippen molar-refractivity contribution in [2.45, 2.75) is 13.3 Å². The second-order valence-corrected chi connectivity index (χ2v) is 5.52. The van der Waals surface area contributed by atoms with Crippen LogP contribution in [0.3, 0.4) is 0 Å². The van der Waals surface area contributed by atoms with Gasteiger partial charge in [0.1, 0.15) is 0 Å². The van der Waals surface area contributed by atoms with Gasteiger partial charge in [-0.15, -0.1) is 0 Å². The van der Waals surface area contributed by atoms with E-state index in [1.807, 2.05) is 12.1 Å². The first-order chi connectivity index (χ1) is 7.12. The summed E-state index contributed by atoms with van der Waals surface area (Å²) >= 11 is 0. The predicted octanol–water partition coefficient (Wildman–Crippen LogP) is 1.42. The molecule has 0 fully saturated rings. The van der Waals surface area contributed by atoms with Crippen molar-refractivity contribution < 1.29 is 8.42 Å². The van der Waals surface area contributed by atoms with Crippen LogP contribution in [-0.2, 0) is 16.4 Å². The lowest BCUT2D eigenvalue weighted by Gasteiger charge is -2.10. The molecule has 0 aliphatic carbocycles. The molecule has 2 rings (SSSR count). The molecule has 1 aliphatic rings. The molecule has 1 aromatic carbocycles. The highest BCUT2D eigenvalue weighted by atomic mass is 32.2.